The van der Waals surface area contributed by atoms with Gasteiger partial charge in [0.2, 0.25) is 0 Å². The molecule has 0 aliphatic carbocycles. The molecule has 2 aromatic carbocycles. The fourth-order valence-electron chi connectivity index (χ4n) is 2.16. The van der Waals surface area contributed by atoms with Gasteiger partial charge in [-0.3, -0.25) is 0 Å². The summed E-state index contributed by atoms with van der Waals surface area (Å²) in [5, 5.41) is 10.3. The Labute approximate surface area is 103 Å². The Balaban J connectivity index is 2.22. The van der Waals surface area contributed by atoms with E-state index in [2.05, 4.69) is 0 Å². The number of hydrogen-bond donors (Lipinski definition) is 1. The van der Waals surface area contributed by atoms with Crippen LogP contribution in [0.3, 0.4) is 0 Å². The van der Waals surface area contributed by atoms with Crippen molar-refractivity contribution in [3.05, 3.63) is 65.0 Å². The van der Waals surface area contributed by atoms with Crippen LogP contribution in [0.5, 0.6) is 0 Å². The zero-order valence-corrected chi connectivity index (χ0v) is 9.88. The van der Waals surface area contributed by atoms with Crippen LogP contribution in [0.2, 0.25) is 0 Å². The van der Waals surface area contributed by atoms with Crippen LogP contribution in [0.15, 0.2) is 47.4 Å². The van der Waals surface area contributed by atoms with Crippen LogP contribution in [0.4, 0.5) is 4.39 Å². The fraction of sp³-hybridized carbons (Fsp3) is 0.143. The molecule has 3 heteroatoms. The first-order valence-corrected chi connectivity index (χ1v) is 6.43. The molecule has 0 spiro atoms. The molecule has 0 aromatic heterocycles. The summed E-state index contributed by atoms with van der Waals surface area (Å²) in [6, 6.07) is 12.6. The van der Waals surface area contributed by atoms with Crippen molar-refractivity contribution < 1.29 is 9.50 Å². The average Bonchev–Trinajstić information content (AvgIpc) is 2.49. The van der Waals surface area contributed by atoms with Crippen LogP contribution in [-0.4, -0.2) is 5.11 Å². The maximum absolute atomic E-state index is 13.8. The van der Waals surface area contributed by atoms with Gasteiger partial charge in [-0.05, 0) is 23.3 Å². The van der Waals surface area contributed by atoms with Crippen molar-refractivity contribution in [1.29, 1.82) is 0 Å². The summed E-state index contributed by atoms with van der Waals surface area (Å²) >= 11 is 1.64. The van der Waals surface area contributed by atoms with Gasteiger partial charge in [-0.15, -0.1) is 11.8 Å². The average molecular weight is 246 g/mol. The summed E-state index contributed by atoms with van der Waals surface area (Å²) in [5.74, 6) is 0.369. The second-order valence-electron chi connectivity index (χ2n) is 4.04. The summed E-state index contributed by atoms with van der Waals surface area (Å²) in [5.41, 5.74) is 2.09. The minimum atomic E-state index is -0.864. The van der Waals surface area contributed by atoms with Gasteiger partial charge in [-0.2, -0.15) is 0 Å². The number of hydrogen-bond acceptors (Lipinski definition) is 2. The third kappa shape index (κ3) is 1.75. The Bertz CT molecular complexity index is 568. The van der Waals surface area contributed by atoms with E-state index < -0.39 is 6.10 Å². The number of aliphatic hydroxyl groups is 1. The molecular weight excluding hydrogens is 235 g/mol. The molecule has 1 aliphatic heterocycles. The molecule has 0 bridgehead atoms. The summed E-state index contributed by atoms with van der Waals surface area (Å²) in [7, 11) is 0. The van der Waals surface area contributed by atoms with Gasteiger partial charge >= 0.3 is 0 Å². The highest BCUT2D eigenvalue weighted by Gasteiger charge is 2.24. The molecule has 0 amide bonds. The molecule has 3 rings (SSSR count). The quantitative estimate of drug-likeness (QED) is 0.767. The SMILES string of the molecule is OC1c2ccccc2SCc2cccc(F)c21. The first kappa shape index (κ1) is 10.8. The van der Waals surface area contributed by atoms with Gasteiger partial charge in [-0.1, -0.05) is 30.3 Å². The number of halogens is 1. The van der Waals surface area contributed by atoms with Crippen molar-refractivity contribution in [3.63, 3.8) is 0 Å². The molecule has 0 fully saturated rings. The normalized spacial score (nSPS) is 18.1. The summed E-state index contributed by atoms with van der Waals surface area (Å²) in [6.07, 6.45) is -0.864. The summed E-state index contributed by atoms with van der Waals surface area (Å²) in [4.78, 5) is 1.02. The highest BCUT2D eigenvalue weighted by atomic mass is 32.2. The molecule has 0 saturated heterocycles. The van der Waals surface area contributed by atoms with Crippen molar-refractivity contribution in [3.8, 4) is 0 Å². The molecule has 17 heavy (non-hydrogen) atoms. The Morgan fingerprint density at radius 2 is 1.94 bits per heavy atom. The zero-order valence-electron chi connectivity index (χ0n) is 9.06. The Kier molecular flexibility index (Phi) is 2.65. The third-order valence-corrected chi connectivity index (χ3v) is 4.15. The van der Waals surface area contributed by atoms with E-state index in [4.69, 9.17) is 0 Å². The lowest BCUT2D eigenvalue weighted by atomic mass is 9.97. The van der Waals surface area contributed by atoms with E-state index in [-0.39, 0.29) is 5.82 Å². The van der Waals surface area contributed by atoms with Crippen LogP contribution in [0.1, 0.15) is 22.8 Å². The van der Waals surface area contributed by atoms with E-state index in [1.54, 1.807) is 17.8 Å². The number of benzene rings is 2. The zero-order chi connectivity index (χ0) is 11.8. The predicted molar refractivity (Wildman–Crippen MR) is 66.5 cm³/mol. The lowest BCUT2D eigenvalue weighted by Gasteiger charge is -2.14. The first-order valence-electron chi connectivity index (χ1n) is 5.44. The van der Waals surface area contributed by atoms with Crippen molar-refractivity contribution in [2.45, 2.75) is 16.8 Å². The van der Waals surface area contributed by atoms with E-state index in [1.807, 2.05) is 30.3 Å². The minimum absolute atomic E-state index is 0.327. The molecule has 1 N–H and O–H groups in total. The van der Waals surface area contributed by atoms with Crippen LogP contribution in [0.25, 0.3) is 0 Å². The van der Waals surface area contributed by atoms with Gasteiger partial charge in [0.15, 0.2) is 0 Å². The molecule has 1 heterocycles. The van der Waals surface area contributed by atoms with E-state index in [0.717, 1.165) is 16.0 Å². The maximum Gasteiger partial charge on any atom is 0.129 e. The smallest absolute Gasteiger partial charge is 0.129 e. The number of rotatable bonds is 0. The number of thioether (sulfide) groups is 1. The highest BCUT2D eigenvalue weighted by molar-refractivity contribution is 7.98. The molecule has 0 saturated carbocycles. The van der Waals surface area contributed by atoms with Crippen molar-refractivity contribution in [1.82, 2.24) is 0 Å². The van der Waals surface area contributed by atoms with Crippen LogP contribution >= 0.6 is 11.8 Å². The highest BCUT2D eigenvalue weighted by Crippen LogP contribution is 2.39. The molecule has 1 aliphatic rings. The molecule has 1 unspecified atom stereocenters. The van der Waals surface area contributed by atoms with Crippen molar-refractivity contribution >= 4 is 11.8 Å². The lowest BCUT2D eigenvalue weighted by Crippen LogP contribution is -2.04. The predicted octanol–water partition coefficient (Wildman–Crippen LogP) is 3.51. The second-order valence-corrected chi connectivity index (χ2v) is 5.06. The Hall–Kier alpha value is -1.32. The van der Waals surface area contributed by atoms with Gasteiger partial charge in [0, 0.05) is 16.2 Å². The third-order valence-electron chi connectivity index (χ3n) is 3.01. The maximum atomic E-state index is 13.8. The van der Waals surface area contributed by atoms with Gasteiger partial charge in [0.05, 0.1) is 0 Å². The molecule has 1 nitrogen and oxygen atoms in total. The van der Waals surface area contributed by atoms with E-state index >= 15 is 0 Å². The van der Waals surface area contributed by atoms with Gasteiger partial charge in [0.25, 0.3) is 0 Å². The van der Waals surface area contributed by atoms with Crippen LogP contribution in [0, 0.1) is 5.82 Å². The van der Waals surface area contributed by atoms with Gasteiger partial charge in [-0.25, -0.2) is 4.39 Å². The van der Waals surface area contributed by atoms with E-state index in [0.29, 0.717) is 11.3 Å². The molecule has 1 atom stereocenters. The monoisotopic (exact) mass is 246 g/mol. The molecule has 0 radical (unpaired) electrons. The second kappa shape index (κ2) is 4.17. The standard InChI is InChI=1S/C14H11FOS/c15-11-6-3-4-9-8-17-12-7-2-1-5-10(12)14(16)13(9)11/h1-7,14,16H,8H2. The van der Waals surface area contributed by atoms with Gasteiger partial charge < -0.3 is 5.11 Å². The summed E-state index contributed by atoms with van der Waals surface area (Å²) < 4.78 is 13.8. The molecule has 2 aromatic rings. The van der Waals surface area contributed by atoms with Crippen molar-refractivity contribution in [2.75, 3.05) is 0 Å². The minimum Gasteiger partial charge on any atom is -0.383 e. The topological polar surface area (TPSA) is 20.2 Å². The lowest BCUT2D eigenvalue weighted by molar-refractivity contribution is 0.211. The number of aliphatic hydroxyl groups excluding tert-OH is 1. The van der Waals surface area contributed by atoms with Crippen molar-refractivity contribution in [2.24, 2.45) is 0 Å². The first-order chi connectivity index (χ1) is 8.27. The molecule has 86 valence electrons. The number of fused-ring (bicyclic) bond motifs is 2. The van der Waals surface area contributed by atoms with E-state index in [1.165, 1.54) is 6.07 Å². The Morgan fingerprint density at radius 1 is 1.12 bits per heavy atom. The van der Waals surface area contributed by atoms with Crippen LogP contribution < -0.4 is 0 Å². The molecular formula is C14H11FOS. The van der Waals surface area contributed by atoms with E-state index in [9.17, 15) is 9.50 Å². The fourth-order valence-corrected chi connectivity index (χ4v) is 3.25. The Morgan fingerprint density at radius 3 is 2.82 bits per heavy atom. The van der Waals surface area contributed by atoms with Gasteiger partial charge in [0.1, 0.15) is 11.9 Å². The summed E-state index contributed by atoms with van der Waals surface area (Å²) in [6.45, 7) is 0. The van der Waals surface area contributed by atoms with Crippen LogP contribution in [-0.2, 0) is 5.75 Å². The largest absolute Gasteiger partial charge is 0.383 e.